The van der Waals surface area contributed by atoms with E-state index in [1.54, 1.807) is 0 Å². The fourth-order valence-corrected chi connectivity index (χ4v) is 3.22. The maximum Gasteiger partial charge on any atom is 0.306 e. The zero-order valence-electron chi connectivity index (χ0n) is 15.1. The van der Waals surface area contributed by atoms with E-state index in [0.717, 1.165) is 36.8 Å². The third-order valence-electron chi connectivity index (χ3n) is 4.60. The van der Waals surface area contributed by atoms with Crippen LogP contribution in [0.4, 0.5) is 0 Å². The van der Waals surface area contributed by atoms with Crippen LogP contribution in [0, 0.1) is 0 Å². The third-order valence-corrected chi connectivity index (χ3v) is 4.60. The SMILES string of the molecule is O=C(CCCCCC1(c2ccccc2)OCCO1)OCc1ccccc1. The zero-order chi connectivity index (χ0) is 18.1. The Bertz CT molecular complexity index is 663. The lowest BCUT2D eigenvalue weighted by atomic mass is 9.98. The topological polar surface area (TPSA) is 44.8 Å². The van der Waals surface area contributed by atoms with Gasteiger partial charge < -0.3 is 14.2 Å². The molecule has 0 aromatic heterocycles. The van der Waals surface area contributed by atoms with Crippen LogP contribution in [0.5, 0.6) is 0 Å². The molecule has 0 aliphatic carbocycles. The fraction of sp³-hybridized carbons (Fsp3) is 0.409. The lowest BCUT2D eigenvalue weighted by molar-refractivity contribution is -0.171. The predicted molar refractivity (Wildman–Crippen MR) is 99.3 cm³/mol. The molecule has 1 aliphatic heterocycles. The van der Waals surface area contributed by atoms with Crippen LogP contribution in [0.1, 0.15) is 43.2 Å². The molecule has 1 fully saturated rings. The van der Waals surface area contributed by atoms with Gasteiger partial charge in [-0.15, -0.1) is 0 Å². The third kappa shape index (κ3) is 5.16. The molecule has 0 saturated carbocycles. The fourth-order valence-electron chi connectivity index (χ4n) is 3.22. The Morgan fingerprint density at radius 3 is 2.23 bits per heavy atom. The lowest BCUT2D eigenvalue weighted by Crippen LogP contribution is -2.27. The summed E-state index contributed by atoms with van der Waals surface area (Å²) in [4.78, 5) is 11.8. The number of hydrogen-bond acceptors (Lipinski definition) is 4. The van der Waals surface area contributed by atoms with Gasteiger partial charge in [-0.05, 0) is 18.4 Å². The molecule has 2 aromatic carbocycles. The second-order valence-corrected chi connectivity index (χ2v) is 6.52. The Hall–Kier alpha value is -2.17. The summed E-state index contributed by atoms with van der Waals surface area (Å²) in [6.45, 7) is 1.60. The Balaban J connectivity index is 1.36. The Morgan fingerprint density at radius 2 is 1.54 bits per heavy atom. The van der Waals surface area contributed by atoms with Gasteiger partial charge in [0.1, 0.15) is 6.61 Å². The molecule has 0 atom stereocenters. The number of hydrogen-bond donors (Lipinski definition) is 0. The molecule has 1 heterocycles. The summed E-state index contributed by atoms with van der Waals surface area (Å²) < 4.78 is 17.2. The van der Waals surface area contributed by atoms with E-state index in [9.17, 15) is 4.79 Å². The van der Waals surface area contributed by atoms with Gasteiger partial charge in [0.05, 0.1) is 13.2 Å². The van der Waals surface area contributed by atoms with E-state index in [1.165, 1.54) is 0 Å². The second-order valence-electron chi connectivity index (χ2n) is 6.52. The number of carbonyl (C=O) groups excluding carboxylic acids is 1. The summed E-state index contributed by atoms with van der Waals surface area (Å²) in [7, 11) is 0. The van der Waals surface area contributed by atoms with Crippen LogP contribution in [0.2, 0.25) is 0 Å². The summed E-state index contributed by atoms with van der Waals surface area (Å²) in [5, 5.41) is 0. The molecular formula is C22H26O4. The highest BCUT2D eigenvalue weighted by molar-refractivity contribution is 5.69. The normalized spacial score (nSPS) is 15.7. The van der Waals surface area contributed by atoms with Crippen LogP contribution in [0.15, 0.2) is 60.7 Å². The van der Waals surface area contributed by atoms with Crippen molar-refractivity contribution in [1.29, 1.82) is 0 Å². The molecule has 0 unspecified atom stereocenters. The minimum absolute atomic E-state index is 0.139. The minimum Gasteiger partial charge on any atom is -0.461 e. The highest BCUT2D eigenvalue weighted by atomic mass is 16.7. The standard InChI is InChI=1S/C22H26O4/c23-21(24-18-19-10-4-1-5-11-19)14-8-3-9-15-22(25-16-17-26-22)20-12-6-2-7-13-20/h1-2,4-7,10-13H,3,8-9,14-18H2. The molecule has 1 saturated heterocycles. The van der Waals surface area contributed by atoms with Gasteiger partial charge in [-0.2, -0.15) is 0 Å². The smallest absolute Gasteiger partial charge is 0.306 e. The molecule has 4 heteroatoms. The van der Waals surface area contributed by atoms with Gasteiger partial charge in [0, 0.05) is 18.4 Å². The number of ether oxygens (including phenoxy) is 3. The molecule has 0 spiro atoms. The van der Waals surface area contributed by atoms with E-state index < -0.39 is 5.79 Å². The van der Waals surface area contributed by atoms with E-state index >= 15 is 0 Å². The van der Waals surface area contributed by atoms with E-state index in [-0.39, 0.29) is 5.97 Å². The molecule has 4 nitrogen and oxygen atoms in total. The number of unbranched alkanes of at least 4 members (excludes halogenated alkanes) is 2. The van der Waals surface area contributed by atoms with Crippen LogP contribution in [-0.2, 0) is 31.4 Å². The van der Waals surface area contributed by atoms with Gasteiger partial charge in [-0.25, -0.2) is 0 Å². The first-order chi connectivity index (χ1) is 12.8. The molecule has 2 aromatic rings. The summed E-state index contributed by atoms with van der Waals surface area (Å²) in [6, 6.07) is 19.8. The average molecular weight is 354 g/mol. The van der Waals surface area contributed by atoms with E-state index in [2.05, 4.69) is 0 Å². The second kappa shape index (κ2) is 9.51. The summed E-state index contributed by atoms with van der Waals surface area (Å²) in [5.41, 5.74) is 2.08. The summed E-state index contributed by atoms with van der Waals surface area (Å²) >= 11 is 0. The van der Waals surface area contributed by atoms with E-state index in [4.69, 9.17) is 14.2 Å². The first-order valence-corrected chi connectivity index (χ1v) is 9.31. The van der Waals surface area contributed by atoms with Gasteiger partial charge in [-0.1, -0.05) is 67.1 Å². The predicted octanol–water partition coefficient (Wildman–Crippen LogP) is 4.58. The van der Waals surface area contributed by atoms with Crippen LogP contribution in [0.3, 0.4) is 0 Å². The summed E-state index contributed by atoms with van der Waals surface area (Å²) in [6.07, 6.45) is 3.96. The largest absolute Gasteiger partial charge is 0.461 e. The minimum atomic E-state index is -0.616. The molecule has 138 valence electrons. The molecule has 0 bridgehead atoms. The molecule has 26 heavy (non-hydrogen) atoms. The van der Waals surface area contributed by atoms with Gasteiger partial charge >= 0.3 is 5.97 Å². The van der Waals surface area contributed by atoms with Crippen LogP contribution in [0.25, 0.3) is 0 Å². The number of carbonyl (C=O) groups is 1. The van der Waals surface area contributed by atoms with Crippen LogP contribution in [-0.4, -0.2) is 19.2 Å². The van der Waals surface area contributed by atoms with E-state index in [0.29, 0.717) is 26.2 Å². The van der Waals surface area contributed by atoms with Gasteiger partial charge in [0.2, 0.25) is 0 Å². The van der Waals surface area contributed by atoms with Crippen molar-refractivity contribution in [2.75, 3.05) is 13.2 Å². The van der Waals surface area contributed by atoms with Crippen molar-refractivity contribution in [3.05, 3.63) is 71.8 Å². The van der Waals surface area contributed by atoms with Crippen molar-refractivity contribution in [3.8, 4) is 0 Å². The number of rotatable bonds is 9. The van der Waals surface area contributed by atoms with E-state index in [1.807, 2.05) is 60.7 Å². The van der Waals surface area contributed by atoms with Crippen molar-refractivity contribution >= 4 is 5.97 Å². The number of esters is 1. The lowest BCUT2D eigenvalue weighted by Gasteiger charge is -2.27. The maximum atomic E-state index is 11.8. The quantitative estimate of drug-likeness (QED) is 0.488. The molecule has 0 amide bonds. The average Bonchev–Trinajstić information content (AvgIpc) is 3.18. The van der Waals surface area contributed by atoms with Crippen molar-refractivity contribution in [1.82, 2.24) is 0 Å². The Labute approximate surface area is 155 Å². The number of benzene rings is 2. The van der Waals surface area contributed by atoms with Crippen molar-refractivity contribution in [2.24, 2.45) is 0 Å². The maximum absolute atomic E-state index is 11.8. The zero-order valence-corrected chi connectivity index (χ0v) is 15.1. The highest BCUT2D eigenvalue weighted by Gasteiger charge is 2.37. The molecular weight excluding hydrogens is 328 g/mol. The molecule has 3 rings (SSSR count). The first kappa shape index (κ1) is 18.6. The molecule has 0 N–H and O–H groups in total. The Kier molecular flexibility index (Phi) is 6.81. The molecule has 0 radical (unpaired) electrons. The van der Waals surface area contributed by atoms with Crippen LogP contribution >= 0.6 is 0 Å². The first-order valence-electron chi connectivity index (χ1n) is 9.31. The van der Waals surface area contributed by atoms with Gasteiger partial charge in [0.25, 0.3) is 0 Å². The highest BCUT2D eigenvalue weighted by Crippen LogP contribution is 2.36. The Morgan fingerprint density at radius 1 is 0.885 bits per heavy atom. The van der Waals surface area contributed by atoms with Crippen molar-refractivity contribution < 1.29 is 19.0 Å². The molecule has 1 aliphatic rings. The monoisotopic (exact) mass is 354 g/mol. The van der Waals surface area contributed by atoms with Crippen LogP contribution < -0.4 is 0 Å². The van der Waals surface area contributed by atoms with Gasteiger partial charge in [0.15, 0.2) is 5.79 Å². The van der Waals surface area contributed by atoms with Crippen molar-refractivity contribution in [2.45, 2.75) is 44.5 Å². The van der Waals surface area contributed by atoms with Gasteiger partial charge in [-0.3, -0.25) is 4.79 Å². The summed E-state index contributed by atoms with van der Waals surface area (Å²) in [5.74, 6) is -0.755. The van der Waals surface area contributed by atoms with Crippen molar-refractivity contribution in [3.63, 3.8) is 0 Å².